The fourth-order valence-corrected chi connectivity index (χ4v) is 0.938. The summed E-state index contributed by atoms with van der Waals surface area (Å²) >= 11 is 0. The Morgan fingerprint density at radius 2 is 2.29 bits per heavy atom. The minimum Gasteiger partial charge on any atom is -0.466 e. The molecule has 1 heterocycles. The van der Waals surface area contributed by atoms with Crippen LogP contribution in [0, 0.1) is 11.3 Å². The molecule has 0 atom stereocenters. The van der Waals surface area contributed by atoms with Crippen LogP contribution in [0.5, 0.6) is 0 Å². The first-order valence-corrected chi connectivity index (χ1v) is 4.13. The molecular weight excluding hydrogens is 182 g/mol. The van der Waals surface area contributed by atoms with E-state index in [0.717, 1.165) is 0 Å². The lowest BCUT2D eigenvalue weighted by Gasteiger charge is -2.01. The number of esters is 1. The summed E-state index contributed by atoms with van der Waals surface area (Å²) in [5, 5.41) is 8.66. The molecule has 0 aliphatic carbocycles. The largest absolute Gasteiger partial charge is 0.466 e. The van der Waals surface area contributed by atoms with E-state index >= 15 is 0 Å². The smallest absolute Gasteiger partial charge is 0.311 e. The van der Waals surface area contributed by atoms with E-state index in [4.69, 9.17) is 10.00 Å². The van der Waals surface area contributed by atoms with Crippen molar-refractivity contribution in [3.05, 3.63) is 23.8 Å². The molecule has 0 fully saturated rings. The third-order valence-corrected chi connectivity index (χ3v) is 1.50. The number of carbonyl (C=O) groups excluding carboxylic acids is 1. The Hall–Kier alpha value is -1.96. The molecule has 14 heavy (non-hydrogen) atoms. The first-order valence-electron chi connectivity index (χ1n) is 4.13. The summed E-state index contributed by atoms with van der Waals surface area (Å²) in [6.07, 6.45) is 2.84. The number of nitrogens with zero attached hydrogens (tertiary/aromatic N) is 3. The molecule has 5 nitrogen and oxygen atoms in total. The highest BCUT2D eigenvalue weighted by Crippen LogP contribution is 2.01. The van der Waals surface area contributed by atoms with Gasteiger partial charge in [-0.05, 0) is 6.92 Å². The van der Waals surface area contributed by atoms with Crippen molar-refractivity contribution in [2.45, 2.75) is 13.3 Å². The summed E-state index contributed by atoms with van der Waals surface area (Å²) in [5.74, 6) is -0.399. The van der Waals surface area contributed by atoms with Gasteiger partial charge in [0.05, 0.1) is 18.7 Å². The molecule has 0 aliphatic rings. The van der Waals surface area contributed by atoms with Crippen LogP contribution in [0.25, 0.3) is 0 Å². The van der Waals surface area contributed by atoms with Crippen LogP contribution >= 0.6 is 0 Å². The summed E-state index contributed by atoms with van der Waals surface area (Å²) in [5.41, 5.74) is 0.522. The quantitative estimate of drug-likeness (QED) is 0.648. The lowest BCUT2D eigenvalue weighted by molar-refractivity contribution is -0.142. The molecule has 0 unspecified atom stereocenters. The van der Waals surface area contributed by atoms with Crippen molar-refractivity contribution in [2.24, 2.45) is 0 Å². The Labute approximate surface area is 81.4 Å². The molecule has 0 N–H and O–H groups in total. The number of hydrogen-bond acceptors (Lipinski definition) is 5. The molecular formula is C9H9N3O2. The average molecular weight is 191 g/mol. The second-order valence-electron chi connectivity index (χ2n) is 2.45. The van der Waals surface area contributed by atoms with Gasteiger partial charge < -0.3 is 4.74 Å². The minimum atomic E-state index is -0.399. The predicted molar refractivity (Wildman–Crippen MR) is 47.1 cm³/mol. The van der Waals surface area contributed by atoms with Gasteiger partial charge in [-0.1, -0.05) is 0 Å². The van der Waals surface area contributed by atoms with Crippen molar-refractivity contribution in [1.82, 2.24) is 9.97 Å². The highest BCUT2D eigenvalue weighted by atomic mass is 16.5. The molecule has 0 aliphatic heterocycles. The van der Waals surface area contributed by atoms with Gasteiger partial charge in [0.25, 0.3) is 0 Å². The molecule has 5 heteroatoms. The number of hydrogen-bond donors (Lipinski definition) is 0. The van der Waals surface area contributed by atoms with Gasteiger partial charge in [0, 0.05) is 12.4 Å². The summed E-state index contributed by atoms with van der Waals surface area (Å²) in [6, 6.07) is 1.86. The van der Waals surface area contributed by atoms with Gasteiger partial charge in [-0.3, -0.25) is 9.78 Å². The Kier molecular flexibility index (Phi) is 3.56. The fourth-order valence-electron chi connectivity index (χ4n) is 0.938. The molecule has 0 aromatic carbocycles. The van der Waals surface area contributed by atoms with Gasteiger partial charge in [0.15, 0.2) is 5.69 Å². The van der Waals surface area contributed by atoms with Crippen LogP contribution in [-0.2, 0) is 16.0 Å². The first-order chi connectivity index (χ1) is 6.77. The van der Waals surface area contributed by atoms with Gasteiger partial charge in [0.1, 0.15) is 6.07 Å². The Balaban J connectivity index is 2.77. The van der Waals surface area contributed by atoms with E-state index in [-0.39, 0.29) is 12.1 Å². The second kappa shape index (κ2) is 4.92. The van der Waals surface area contributed by atoms with Gasteiger partial charge >= 0.3 is 5.97 Å². The van der Waals surface area contributed by atoms with Crippen molar-refractivity contribution < 1.29 is 9.53 Å². The van der Waals surface area contributed by atoms with E-state index in [1.165, 1.54) is 12.4 Å². The molecule has 0 bridgehead atoms. The summed E-state index contributed by atoms with van der Waals surface area (Å²) < 4.78 is 4.73. The van der Waals surface area contributed by atoms with E-state index in [0.29, 0.717) is 12.3 Å². The van der Waals surface area contributed by atoms with Crippen LogP contribution in [0.2, 0.25) is 0 Å². The van der Waals surface area contributed by atoms with Crippen LogP contribution < -0.4 is 0 Å². The highest BCUT2D eigenvalue weighted by Gasteiger charge is 2.10. The zero-order valence-corrected chi connectivity index (χ0v) is 7.73. The first kappa shape index (κ1) is 10.1. The Morgan fingerprint density at radius 3 is 2.93 bits per heavy atom. The third-order valence-electron chi connectivity index (χ3n) is 1.50. The zero-order chi connectivity index (χ0) is 10.4. The molecule has 0 saturated heterocycles. The maximum absolute atomic E-state index is 11.1. The molecule has 0 saturated carbocycles. The number of nitriles is 1. The molecule has 0 radical (unpaired) electrons. The fraction of sp³-hybridized carbons (Fsp3) is 0.333. The molecule has 1 rings (SSSR count). The number of rotatable bonds is 3. The maximum atomic E-state index is 11.1. The summed E-state index contributed by atoms with van der Waals surface area (Å²) in [7, 11) is 0. The van der Waals surface area contributed by atoms with Crippen molar-refractivity contribution in [1.29, 1.82) is 5.26 Å². The number of ether oxygens (including phenoxy) is 1. The number of aromatic nitrogens is 2. The highest BCUT2D eigenvalue weighted by molar-refractivity contribution is 5.72. The minimum absolute atomic E-state index is 0.00935. The standard InChI is InChI=1S/C9H9N3O2/c1-2-14-9(13)5-7-8(6-10)12-4-3-11-7/h3-4H,2,5H2,1H3. The van der Waals surface area contributed by atoms with Crippen LogP contribution in [0.1, 0.15) is 18.3 Å². The van der Waals surface area contributed by atoms with Crippen molar-refractivity contribution >= 4 is 5.97 Å². The molecule has 0 amide bonds. The van der Waals surface area contributed by atoms with E-state index in [2.05, 4.69) is 9.97 Å². The molecule has 0 spiro atoms. The molecule has 72 valence electrons. The molecule has 1 aromatic heterocycles. The maximum Gasteiger partial charge on any atom is 0.311 e. The zero-order valence-electron chi connectivity index (χ0n) is 7.73. The van der Waals surface area contributed by atoms with E-state index in [9.17, 15) is 4.79 Å². The average Bonchev–Trinajstić information content (AvgIpc) is 2.19. The van der Waals surface area contributed by atoms with Crippen LogP contribution in [0.3, 0.4) is 0 Å². The van der Waals surface area contributed by atoms with E-state index in [1.54, 1.807) is 6.92 Å². The monoisotopic (exact) mass is 191 g/mol. The summed E-state index contributed by atoms with van der Waals surface area (Å²) in [4.78, 5) is 18.7. The Bertz CT molecular complexity index is 371. The van der Waals surface area contributed by atoms with Gasteiger partial charge in [0.2, 0.25) is 0 Å². The third kappa shape index (κ3) is 2.52. The predicted octanol–water partition coefficient (Wildman–Crippen LogP) is 0.454. The topological polar surface area (TPSA) is 75.9 Å². The van der Waals surface area contributed by atoms with E-state index < -0.39 is 5.97 Å². The lowest BCUT2D eigenvalue weighted by atomic mass is 10.2. The summed E-state index contributed by atoms with van der Waals surface area (Å²) in [6.45, 7) is 2.04. The second-order valence-corrected chi connectivity index (χ2v) is 2.45. The van der Waals surface area contributed by atoms with Gasteiger partial charge in [-0.25, -0.2) is 4.98 Å². The van der Waals surface area contributed by atoms with Crippen molar-refractivity contribution in [3.63, 3.8) is 0 Å². The van der Waals surface area contributed by atoms with Gasteiger partial charge in [-0.2, -0.15) is 5.26 Å². The van der Waals surface area contributed by atoms with Crippen LogP contribution in [0.15, 0.2) is 12.4 Å². The van der Waals surface area contributed by atoms with Crippen molar-refractivity contribution in [2.75, 3.05) is 6.61 Å². The SMILES string of the molecule is CCOC(=O)Cc1nccnc1C#N. The van der Waals surface area contributed by atoms with E-state index in [1.807, 2.05) is 6.07 Å². The van der Waals surface area contributed by atoms with Crippen LogP contribution in [0.4, 0.5) is 0 Å². The van der Waals surface area contributed by atoms with Gasteiger partial charge in [-0.15, -0.1) is 0 Å². The number of carbonyl (C=O) groups is 1. The normalized spacial score (nSPS) is 9.14. The molecule has 1 aromatic rings. The lowest BCUT2D eigenvalue weighted by Crippen LogP contribution is -2.10. The Morgan fingerprint density at radius 1 is 1.57 bits per heavy atom. The van der Waals surface area contributed by atoms with Crippen LogP contribution in [-0.4, -0.2) is 22.5 Å². The van der Waals surface area contributed by atoms with Crippen molar-refractivity contribution in [3.8, 4) is 6.07 Å².